The molecule has 0 spiro atoms. The molecule has 6 heteroatoms. The van der Waals surface area contributed by atoms with Crippen LogP contribution in [0.4, 0.5) is 10.1 Å². The van der Waals surface area contributed by atoms with Crippen molar-refractivity contribution in [1.82, 2.24) is 10.2 Å². The van der Waals surface area contributed by atoms with Crippen molar-refractivity contribution >= 4 is 17.5 Å². The second kappa shape index (κ2) is 11.3. The van der Waals surface area contributed by atoms with E-state index in [1.165, 1.54) is 12.1 Å². The van der Waals surface area contributed by atoms with Crippen LogP contribution < -0.4 is 10.2 Å². The number of carbonyl (C=O) groups is 2. The Morgan fingerprint density at radius 3 is 2.58 bits per heavy atom. The van der Waals surface area contributed by atoms with Crippen molar-refractivity contribution in [1.29, 1.82) is 0 Å². The van der Waals surface area contributed by atoms with Gasteiger partial charge in [0.05, 0.1) is 6.54 Å². The third kappa shape index (κ3) is 6.40. The maximum absolute atomic E-state index is 13.3. The number of hydrogen-bond acceptors (Lipinski definition) is 3. The van der Waals surface area contributed by atoms with Crippen LogP contribution in [0.25, 0.3) is 0 Å². The third-order valence-corrected chi connectivity index (χ3v) is 5.17. The van der Waals surface area contributed by atoms with Gasteiger partial charge in [-0.1, -0.05) is 31.3 Å². The molecule has 0 unspecified atom stereocenters. The number of hydrogen-bond donors (Lipinski definition) is 1. The van der Waals surface area contributed by atoms with Crippen LogP contribution in [-0.4, -0.2) is 49.4 Å². The molecule has 1 saturated heterocycles. The standard InChI is InChI=1S/C25H28FN3O2/c1-2-3-9-24(30)29(23-12-10-22(26)11-13-23)16-5-7-20-6-4-8-21(19-20)25(31)28-17-14-27-15-18-28/h4,6,8,10-13,19,27H,2-3,9,14-18H2,1H3. The zero-order chi connectivity index (χ0) is 22.1. The lowest BCUT2D eigenvalue weighted by Crippen LogP contribution is -2.46. The predicted molar refractivity (Wildman–Crippen MR) is 120 cm³/mol. The maximum Gasteiger partial charge on any atom is 0.253 e. The summed E-state index contributed by atoms with van der Waals surface area (Å²) >= 11 is 0. The number of piperazine rings is 1. The second-order valence-corrected chi connectivity index (χ2v) is 7.48. The van der Waals surface area contributed by atoms with Gasteiger partial charge in [0.25, 0.3) is 5.91 Å². The topological polar surface area (TPSA) is 52.7 Å². The summed E-state index contributed by atoms with van der Waals surface area (Å²) in [4.78, 5) is 28.8. The van der Waals surface area contributed by atoms with E-state index >= 15 is 0 Å². The van der Waals surface area contributed by atoms with E-state index in [0.29, 0.717) is 30.8 Å². The van der Waals surface area contributed by atoms with Crippen LogP contribution in [-0.2, 0) is 4.79 Å². The van der Waals surface area contributed by atoms with E-state index < -0.39 is 0 Å². The van der Waals surface area contributed by atoms with Gasteiger partial charge in [-0.3, -0.25) is 9.59 Å². The second-order valence-electron chi connectivity index (χ2n) is 7.48. The van der Waals surface area contributed by atoms with Gasteiger partial charge in [-0.05, 0) is 48.9 Å². The lowest BCUT2D eigenvalue weighted by Gasteiger charge is -2.27. The molecular formula is C25H28FN3O2. The molecule has 2 amide bonds. The number of unbranched alkanes of at least 4 members (excludes halogenated alkanes) is 1. The fraction of sp³-hybridized carbons (Fsp3) is 0.360. The number of amides is 2. The van der Waals surface area contributed by atoms with Crippen LogP contribution in [0, 0.1) is 17.7 Å². The predicted octanol–water partition coefficient (Wildman–Crippen LogP) is 3.45. The van der Waals surface area contributed by atoms with E-state index in [9.17, 15) is 14.0 Å². The summed E-state index contributed by atoms with van der Waals surface area (Å²) in [6, 6.07) is 13.1. The zero-order valence-electron chi connectivity index (χ0n) is 17.9. The number of carbonyl (C=O) groups excluding carboxylic acids is 2. The molecule has 1 aliphatic heterocycles. The highest BCUT2D eigenvalue weighted by Gasteiger charge is 2.18. The quantitative estimate of drug-likeness (QED) is 0.727. The van der Waals surface area contributed by atoms with E-state index in [4.69, 9.17) is 0 Å². The maximum atomic E-state index is 13.3. The molecule has 2 aromatic rings. The van der Waals surface area contributed by atoms with Crippen LogP contribution in [0.5, 0.6) is 0 Å². The molecule has 3 rings (SSSR count). The molecule has 0 aromatic heterocycles. The van der Waals surface area contributed by atoms with Gasteiger partial charge in [0.15, 0.2) is 0 Å². The largest absolute Gasteiger partial charge is 0.336 e. The average Bonchev–Trinajstić information content (AvgIpc) is 2.81. The van der Waals surface area contributed by atoms with Gasteiger partial charge in [0.1, 0.15) is 5.82 Å². The summed E-state index contributed by atoms with van der Waals surface area (Å²) in [7, 11) is 0. The Hall–Kier alpha value is -3.17. The molecule has 1 aliphatic rings. The Morgan fingerprint density at radius 1 is 1.13 bits per heavy atom. The molecule has 1 heterocycles. The minimum absolute atomic E-state index is 0.00725. The van der Waals surface area contributed by atoms with Crippen LogP contribution in [0.15, 0.2) is 48.5 Å². The highest BCUT2D eigenvalue weighted by atomic mass is 19.1. The Bertz CT molecular complexity index is 957. The molecule has 0 bridgehead atoms. The van der Waals surface area contributed by atoms with Crippen molar-refractivity contribution in [3.8, 4) is 11.8 Å². The van der Waals surface area contributed by atoms with Crippen LogP contribution in [0.1, 0.15) is 42.1 Å². The lowest BCUT2D eigenvalue weighted by molar-refractivity contribution is -0.118. The van der Waals surface area contributed by atoms with E-state index in [1.54, 1.807) is 29.2 Å². The van der Waals surface area contributed by atoms with Gasteiger partial charge >= 0.3 is 0 Å². The molecule has 0 atom stereocenters. The number of benzene rings is 2. The Kier molecular flexibility index (Phi) is 8.19. The monoisotopic (exact) mass is 421 g/mol. The van der Waals surface area contributed by atoms with Gasteiger partial charge < -0.3 is 15.1 Å². The minimum atomic E-state index is -0.346. The van der Waals surface area contributed by atoms with E-state index in [0.717, 1.165) is 31.5 Å². The number of nitrogens with one attached hydrogen (secondary N) is 1. The Labute approximate surface area is 183 Å². The summed E-state index contributed by atoms with van der Waals surface area (Å²) in [6.07, 6.45) is 2.13. The Balaban J connectivity index is 1.73. The van der Waals surface area contributed by atoms with E-state index in [-0.39, 0.29) is 24.2 Å². The smallest absolute Gasteiger partial charge is 0.253 e. The highest BCUT2D eigenvalue weighted by molar-refractivity contribution is 5.95. The number of rotatable bonds is 6. The van der Waals surface area contributed by atoms with Crippen LogP contribution in [0.3, 0.4) is 0 Å². The summed E-state index contributed by atoms with van der Waals surface area (Å²) in [5.41, 5.74) is 1.96. The van der Waals surface area contributed by atoms with Crippen LogP contribution >= 0.6 is 0 Å². The first kappa shape index (κ1) is 22.5. The molecule has 1 fully saturated rings. The van der Waals surface area contributed by atoms with E-state index in [1.807, 2.05) is 24.0 Å². The van der Waals surface area contributed by atoms with E-state index in [2.05, 4.69) is 17.2 Å². The highest BCUT2D eigenvalue weighted by Crippen LogP contribution is 2.17. The number of anilines is 1. The fourth-order valence-electron chi connectivity index (χ4n) is 3.41. The molecule has 0 saturated carbocycles. The molecular weight excluding hydrogens is 393 g/mol. The summed E-state index contributed by atoms with van der Waals surface area (Å²) < 4.78 is 13.3. The van der Waals surface area contributed by atoms with Crippen molar-refractivity contribution in [3.05, 3.63) is 65.5 Å². The molecule has 1 N–H and O–H groups in total. The molecule has 0 aliphatic carbocycles. The summed E-state index contributed by atoms with van der Waals surface area (Å²) in [5, 5.41) is 3.24. The molecule has 162 valence electrons. The Morgan fingerprint density at radius 2 is 1.87 bits per heavy atom. The molecule has 5 nitrogen and oxygen atoms in total. The van der Waals surface area contributed by atoms with Crippen molar-refractivity contribution in [2.24, 2.45) is 0 Å². The summed E-state index contributed by atoms with van der Waals surface area (Å²) in [5.74, 6) is 5.73. The fourth-order valence-corrected chi connectivity index (χ4v) is 3.41. The first-order valence-electron chi connectivity index (χ1n) is 10.7. The summed E-state index contributed by atoms with van der Waals surface area (Å²) in [6.45, 7) is 5.23. The van der Waals surface area contributed by atoms with Crippen molar-refractivity contribution in [3.63, 3.8) is 0 Å². The normalized spacial score (nSPS) is 13.3. The van der Waals surface area contributed by atoms with Gasteiger partial charge in [0.2, 0.25) is 5.91 Å². The average molecular weight is 422 g/mol. The first-order chi connectivity index (χ1) is 15.1. The van der Waals surface area contributed by atoms with Gasteiger partial charge in [-0.25, -0.2) is 4.39 Å². The van der Waals surface area contributed by atoms with Crippen LogP contribution in [0.2, 0.25) is 0 Å². The van der Waals surface area contributed by atoms with Gasteiger partial charge in [0, 0.05) is 49.4 Å². The SMILES string of the molecule is CCCCC(=O)N(CC#Cc1cccc(C(=O)N2CCNCC2)c1)c1ccc(F)cc1. The number of nitrogens with zero attached hydrogens (tertiary/aromatic N) is 2. The minimum Gasteiger partial charge on any atom is -0.336 e. The molecule has 0 radical (unpaired) electrons. The number of halogens is 1. The third-order valence-electron chi connectivity index (χ3n) is 5.17. The van der Waals surface area contributed by atoms with Crippen molar-refractivity contribution in [2.75, 3.05) is 37.6 Å². The lowest BCUT2D eigenvalue weighted by atomic mass is 10.1. The molecule has 2 aromatic carbocycles. The van der Waals surface area contributed by atoms with Crippen molar-refractivity contribution in [2.45, 2.75) is 26.2 Å². The molecule has 31 heavy (non-hydrogen) atoms. The van der Waals surface area contributed by atoms with Crippen molar-refractivity contribution < 1.29 is 14.0 Å². The first-order valence-corrected chi connectivity index (χ1v) is 10.7. The van der Waals surface area contributed by atoms with Gasteiger partial charge in [-0.15, -0.1) is 0 Å². The zero-order valence-corrected chi connectivity index (χ0v) is 17.9. The van der Waals surface area contributed by atoms with Gasteiger partial charge in [-0.2, -0.15) is 0 Å².